The van der Waals surface area contributed by atoms with Crippen LogP contribution in [0, 0.1) is 11.8 Å². The van der Waals surface area contributed by atoms with Gasteiger partial charge in [-0.2, -0.15) is 0 Å². The zero-order chi connectivity index (χ0) is 19.8. The highest BCUT2D eigenvalue weighted by atomic mass is 35.5. The molecule has 3 unspecified atom stereocenters. The van der Waals surface area contributed by atoms with Gasteiger partial charge in [-0.1, -0.05) is 42.5 Å². The molecular formula is C23H27Cl2N5O. The van der Waals surface area contributed by atoms with Gasteiger partial charge in [0.25, 0.3) is 0 Å². The van der Waals surface area contributed by atoms with E-state index in [-0.39, 0.29) is 42.8 Å². The van der Waals surface area contributed by atoms with E-state index in [4.69, 9.17) is 5.73 Å². The quantitative estimate of drug-likeness (QED) is 0.591. The molecular weight excluding hydrogens is 433 g/mol. The second kappa shape index (κ2) is 9.81. The lowest BCUT2D eigenvalue weighted by Crippen LogP contribution is -2.38. The Balaban J connectivity index is 0.00000136. The number of rotatable bonds is 6. The summed E-state index contributed by atoms with van der Waals surface area (Å²) in [6.07, 6.45) is 2.72. The molecule has 5 rings (SSSR count). The molecule has 2 aliphatic rings. The minimum atomic E-state index is -0.153. The smallest absolute Gasteiger partial charge is 0.221 e. The van der Waals surface area contributed by atoms with E-state index >= 15 is 0 Å². The van der Waals surface area contributed by atoms with Crippen molar-refractivity contribution < 1.29 is 4.79 Å². The maximum Gasteiger partial charge on any atom is 0.221 e. The van der Waals surface area contributed by atoms with Gasteiger partial charge >= 0.3 is 0 Å². The molecule has 3 aromatic rings. The zero-order valence-corrected chi connectivity index (χ0v) is 18.7. The normalized spacial score (nSPS) is 22.1. The van der Waals surface area contributed by atoms with Crippen LogP contribution in [0.3, 0.4) is 0 Å². The first-order valence-electron chi connectivity index (χ1n) is 10.2. The lowest BCUT2D eigenvalue weighted by atomic mass is 10.0. The van der Waals surface area contributed by atoms with Crippen LogP contribution in [-0.4, -0.2) is 41.0 Å². The first-order valence-corrected chi connectivity index (χ1v) is 10.2. The summed E-state index contributed by atoms with van der Waals surface area (Å²) in [6.45, 7) is 1.85. The Bertz CT molecular complexity index is 1020. The van der Waals surface area contributed by atoms with E-state index < -0.39 is 0 Å². The van der Waals surface area contributed by atoms with E-state index in [1.165, 1.54) is 5.56 Å². The van der Waals surface area contributed by atoms with Crippen LogP contribution in [0.1, 0.15) is 12.0 Å². The van der Waals surface area contributed by atoms with Crippen LogP contribution >= 0.6 is 24.8 Å². The molecule has 2 fully saturated rings. The van der Waals surface area contributed by atoms with Crippen molar-refractivity contribution in [3.05, 3.63) is 66.5 Å². The predicted octanol–water partition coefficient (Wildman–Crippen LogP) is 2.98. The third-order valence-electron chi connectivity index (χ3n) is 6.13. The summed E-state index contributed by atoms with van der Waals surface area (Å²) in [6, 6.07) is 18.3. The van der Waals surface area contributed by atoms with Crippen LogP contribution < -0.4 is 16.0 Å². The van der Waals surface area contributed by atoms with Gasteiger partial charge in [-0.3, -0.25) is 4.79 Å². The average Bonchev–Trinajstić information content (AvgIpc) is 3.16. The molecule has 0 spiro atoms. The molecule has 164 valence electrons. The monoisotopic (exact) mass is 459 g/mol. The fourth-order valence-corrected chi connectivity index (χ4v) is 4.63. The number of piperidine rings is 1. The van der Waals surface area contributed by atoms with Gasteiger partial charge in [0.2, 0.25) is 5.91 Å². The van der Waals surface area contributed by atoms with Crippen molar-refractivity contribution >= 4 is 47.4 Å². The number of nitrogens with zero attached hydrogens (tertiary/aromatic N) is 3. The molecule has 1 saturated heterocycles. The van der Waals surface area contributed by atoms with Gasteiger partial charge in [-0.25, -0.2) is 9.97 Å². The third-order valence-corrected chi connectivity index (χ3v) is 6.13. The number of halogens is 2. The van der Waals surface area contributed by atoms with E-state index in [1.807, 2.05) is 36.4 Å². The van der Waals surface area contributed by atoms with Crippen LogP contribution in [-0.2, 0) is 11.2 Å². The summed E-state index contributed by atoms with van der Waals surface area (Å²) in [5.41, 5.74) is 8.32. The SMILES string of the molecule is Cl.Cl.NC(CC(=O)NC1C2CN(c3ncnc4ccccc34)CC21)Cc1ccccc1. The second-order valence-electron chi connectivity index (χ2n) is 8.19. The molecule has 6 nitrogen and oxygen atoms in total. The Morgan fingerprint density at radius 1 is 1.03 bits per heavy atom. The van der Waals surface area contributed by atoms with Gasteiger partial charge in [0.05, 0.1) is 5.52 Å². The number of para-hydroxylation sites is 1. The molecule has 31 heavy (non-hydrogen) atoms. The number of anilines is 1. The summed E-state index contributed by atoms with van der Waals surface area (Å²) in [5.74, 6) is 2.06. The molecule has 1 aliphatic carbocycles. The van der Waals surface area contributed by atoms with Gasteiger partial charge in [-0.15, -0.1) is 24.8 Å². The first kappa shape index (κ1) is 23.3. The third kappa shape index (κ3) is 4.92. The van der Waals surface area contributed by atoms with Crippen LogP contribution in [0.4, 0.5) is 5.82 Å². The van der Waals surface area contributed by atoms with Crippen molar-refractivity contribution in [1.82, 2.24) is 15.3 Å². The van der Waals surface area contributed by atoms with Gasteiger partial charge in [0, 0.05) is 48.8 Å². The molecule has 2 aromatic carbocycles. The summed E-state index contributed by atoms with van der Waals surface area (Å²) < 4.78 is 0. The van der Waals surface area contributed by atoms with Crippen molar-refractivity contribution in [3.63, 3.8) is 0 Å². The van der Waals surface area contributed by atoms with E-state index in [0.29, 0.717) is 18.3 Å². The lowest BCUT2D eigenvalue weighted by Gasteiger charge is -2.22. The summed E-state index contributed by atoms with van der Waals surface area (Å²) in [4.78, 5) is 23.6. The summed E-state index contributed by atoms with van der Waals surface area (Å²) in [7, 11) is 0. The van der Waals surface area contributed by atoms with Crippen molar-refractivity contribution in [3.8, 4) is 0 Å². The van der Waals surface area contributed by atoms with Crippen LogP contribution in [0.25, 0.3) is 10.9 Å². The van der Waals surface area contributed by atoms with Crippen molar-refractivity contribution in [1.29, 1.82) is 0 Å². The minimum absolute atomic E-state index is 0. The van der Waals surface area contributed by atoms with Crippen molar-refractivity contribution in [2.24, 2.45) is 17.6 Å². The number of nitrogens with one attached hydrogen (secondary N) is 1. The van der Waals surface area contributed by atoms with Gasteiger partial charge in [0.1, 0.15) is 12.1 Å². The molecule has 1 amide bonds. The van der Waals surface area contributed by atoms with Crippen molar-refractivity contribution in [2.45, 2.75) is 24.9 Å². The van der Waals surface area contributed by atoms with Gasteiger partial charge < -0.3 is 16.0 Å². The lowest BCUT2D eigenvalue weighted by molar-refractivity contribution is -0.121. The molecule has 1 aromatic heterocycles. The number of fused-ring (bicyclic) bond motifs is 2. The molecule has 3 atom stereocenters. The number of carbonyl (C=O) groups is 1. The van der Waals surface area contributed by atoms with Crippen LogP contribution in [0.5, 0.6) is 0 Å². The van der Waals surface area contributed by atoms with Crippen molar-refractivity contribution in [2.75, 3.05) is 18.0 Å². The topological polar surface area (TPSA) is 84.1 Å². The Morgan fingerprint density at radius 2 is 1.71 bits per heavy atom. The molecule has 2 heterocycles. The molecule has 1 saturated carbocycles. The highest BCUT2D eigenvalue weighted by Gasteiger charge is 2.56. The molecule has 0 radical (unpaired) electrons. The Labute approximate surface area is 194 Å². The molecule has 1 aliphatic heterocycles. The summed E-state index contributed by atoms with van der Waals surface area (Å²) >= 11 is 0. The molecule has 8 heteroatoms. The summed E-state index contributed by atoms with van der Waals surface area (Å²) in [5, 5.41) is 4.29. The fraction of sp³-hybridized carbons (Fsp3) is 0.348. The number of carbonyl (C=O) groups excluding carboxylic acids is 1. The zero-order valence-electron chi connectivity index (χ0n) is 17.1. The Morgan fingerprint density at radius 3 is 2.45 bits per heavy atom. The first-order chi connectivity index (χ1) is 14.2. The van der Waals surface area contributed by atoms with E-state index in [1.54, 1.807) is 6.33 Å². The highest BCUT2D eigenvalue weighted by molar-refractivity contribution is 5.89. The Hall–Kier alpha value is -2.41. The number of benzene rings is 2. The minimum Gasteiger partial charge on any atom is -0.355 e. The Kier molecular flexibility index (Phi) is 7.36. The van der Waals surface area contributed by atoms with Crippen LogP contribution in [0.2, 0.25) is 0 Å². The largest absolute Gasteiger partial charge is 0.355 e. The predicted molar refractivity (Wildman–Crippen MR) is 128 cm³/mol. The number of hydrogen-bond donors (Lipinski definition) is 2. The van der Waals surface area contributed by atoms with Gasteiger partial charge in [-0.05, 0) is 24.1 Å². The molecule has 0 bridgehead atoms. The average molecular weight is 460 g/mol. The number of hydrogen-bond acceptors (Lipinski definition) is 5. The van der Waals surface area contributed by atoms with E-state index in [2.05, 4.69) is 38.4 Å². The highest BCUT2D eigenvalue weighted by Crippen LogP contribution is 2.47. The maximum absolute atomic E-state index is 12.4. The molecule has 3 N–H and O–H groups in total. The van der Waals surface area contributed by atoms with Crippen LogP contribution in [0.15, 0.2) is 60.9 Å². The fourth-order valence-electron chi connectivity index (χ4n) is 4.63. The number of amides is 1. The maximum atomic E-state index is 12.4. The number of nitrogens with two attached hydrogens (primary N) is 1. The standard InChI is InChI=1S/C23H25N5O.2ClH/c24-16(10-15-6-2-1-3-7-15)11-21(29)27-22-18-12-28(13-19(18)22)23-17-8-4-5-9-20(17)25-14-26-23;;/h1-9,14,16,18-19,22H,10-13,24H2,(H,27,29);2*1H. The van der Waals surface area contributed by atoms with E-state index in [9.17, 15) is 4.79 Å². The van der Waals surface area contributed by atoms with E-state index in [0.717, 1.165) is 36.2 Å². The number of aromatic nitrogens is 2. The second-order valence-corrected chi connectivity index (χ2v) is 8.19. The van der Waals surface area contributed by atoms with Gasteiger partial charge in [0.15, 0.2) is 0 Å².